The molecule has 7 heteroatoms. The maximum atomic E-state index is 13.0. The fourth-order valence-corrected chi connectivity index (χ4v) is 3.95. The van der Waals surface area contributed by atoms with Gasteiger partial charge in [-0.1, -0.05) is 18.2 Å². The van der Waals surface area contributed by atoms with E-state index in [2.05, 4.69) is 16.0 Å². The number of amides is 1. The number of rotatable bonds is 6. The molecule has 0 aliphatic carbocycles. The number of methoxy groups -OCH3 is 1. The van der Waals surface area contributed by atoms with Crippen LogP contribution in [-0.2, 0) is 6.61 Å². The van der Waals surface area contributed by atoms with Crippen LogP contribution in [0.2, 0.25) is 0 Å². The maximum Gasteiger partial charge on any atom is 0.254 e. The van der Waals surface area contributed by atoms with Gasteiger partial charge < -0.3 is 19.3 Å². The van der Waals surface area contributed by atoms with E-state index in [1.165, 1.54) is 11.3 Å². The molecule has 150 valence electrons. The molecule has 2 heterocycles. The number of anilines is 1. The van der Waals surface area contributed by atoms with Crippen LogP contribution < -0.4 is 14.4 Å². The third-order valence-electron chi connectivity index (χ3n) is 4.94. The van der Waals surface area contributed by atoms with Gasteiger partial charge in [-0.25, -0.2) is 4.98 Å². The molecular formula is C22H23N3O3S. The van der Waals surface area contributed by atoms with Crippen molar-refractivity contribution in [3.63, 3.8) is 0 Å². The average Bonchev–Trinajstić information content (AvgIpc) is 3.31. The van der Waals surface area contributed by atoms with Crippen LogP contribution >= 0.6 is 11.3 Å². The standard InChI is InChI=1S/C22H23N3O3S/c1-27-21-8-3-2-7-20(21)24-9-11-25(12-10-24)22(26)17-5-4-6-19(13-17)28-14-18-15-29-16-23-18/h2-8,13,15-16H,9-12,14H2,1H3. The Kier molecular flexibility index (Phi) is 5.95. The lowest BCUT2D eigenvalue weighted by Crippen LogP contribution is -2.48. The summed E-state index contributed by atoms with van der Waals surface area (Å²) in [6.45, 7) is 3.28. The Balaban J connectivity index is 1.37. The molecule has 0 N–H and O–H groups in total. The van der Waals surface area contributed by atoms with Crippen LogP contribution in [0.3, 0.4) is 0 Å². The molecule has 0 radical (unpaired) electrons. The summed E-state index contributed by atoms with van der Waals surface area (Å²) in [6.07, 6.45) is 0. The van der Waals surface area contributed by atoms with Crippen LogP contribution in [0.15, 0.2) is 59.4 Å². The zero-order valence-corrected chi connectivity index (χ0v) is 17.1. The van der Waals surface area contributed by atoms with Gasteiger partial charge in [-0.3, -0.25) is 4.79 Å². The molecule has 0 bridgehead atoms. The van der Waals surface area contributed by atoms with E-state index in [0.29, 0.717) is 31.0 Å². The Morgan fingerprint density at radius 1 is 1.10 bits per heavy atom. The molecule has 3 aromatic rings. The summed E-state index contributed by atoms with van der Waals surface area (Å²) < 4.78 is 11.2. The highest BCUT2D eigenvalue weighted by Gasteiger charge is 2.24. The van der Waals surface area contributed by atoms with Gasteiger partial charge in [-0.05, 0) is 30.3 Å². The molecule has 0 spiro atoms. The van der Waals surface area contributed by atoms with Gasteiger partial charge in [-0.2, -0.15) is 0 Å². The van der Waals surface area contributed by atoms with Crippen molar-refractivity contribution in [1.82, 2.24) is 9.88 Å². The first kappa shape index (κ1) is 19.3. The smallest absolute Gasteiger partial charge is 0.254 e. The average molecular weight is 410 g/mol. The van der Waals surface area contributed by atoms with E-state index in [1.54, 1.807) is 18.7 Å². The van der Waals surface area contributed by atoms with Crippen LogP contribution in [0.25, 0.3) is 0 Å². The molecular weight excluding hydrogens is 386 g/mol. The number of nitrogens with zero attached hydrogens (tertiary/aromatic N) is 3. The second kappa shape index (κ2) is 8.96. The van der Waals surface area contributed by atoms with Crippen LogP contribution in [0.5, 0.6) is 11.5 Å². The fourth-order valence-electron chi connectivity index (χ4n) is 3.41. The molecule has 1 amide bonds. The van der Waals surface area contributed by atoms with Gasteiger partial charge in [0.05, 0.1) is 24.0 Å². The van der Waals surface area contributed by atoms with Gasteiger partial charge in [0.15, 0.2) is 0 Å². The first-order chi connectivity index (χ1) is 14.2. The van der Waals surface area contributed by atoms with Crippen molar-refractivity contribution >= 4 is 22.9 Å². The lowest BCUT2D eigenvalue weighted by molar-refractivity contribution is 0.0746. The molecule has 1 aromatic heterocycles. The summed E-state index contributed by atoms with van der Waals surface area (Å²) in [5.74, 6) is 1.57. The third kappa shape index (κ3) is 4.51. The number of hydrogen-bond donors (Lipinski definition) is 0. The molecule has 0 saturated carbocycles. The summed E-state index contributed by atoms with van der Waals surface area (Å²) in [6, 6.07) is 15.4. The van der Waals surface area contributed by atoms with Crippen LogP contribution in [0.1, 0.15) is 16.1 Å². The molecule has 0 atom stereocenters. The molecule has 1 aliphatic rings. The number of carbonyl (C=O) groups is 1. The Labute approximate surface area is 174 Å². The number of carbonyl (C=O) groups excluding carboxylic acids is 1. The molecule has 2 aromatic carbocycles. The Bertz CT molecular complexity index is 953. The number of aromatic nitrogens is 1. The van der Waals surface area contributed by atoms with E-state index < -0.39 is 0 Å². The van der Waals surface area contributed by atoms with Gasteiger partial charge in [0.1, 0.15) is 18.1 Å². The third-order valence-corrected chi connectivity index (χ3v) is 5.58. The topological polar surface area (TPSA) is 54.9 Å². The highest BCUT2D eigenvalue weighted by Crippen LogP contribution is 2.28. The fraction of sp³-hybridized carbons (Fsp3) is 0.273. The lowest BCUT2D eigenvalue weighted by Gasteiger charge is -2.36. The molecule has 1 fully saturated rings. The molecule has 6 nitrogen and oxygen atoms in total. The van der Waals surface area contributed by atoms with Gasteiger partial charge in [0, 0.05) is 37.1 Å². The number of benzene rings is 2. The summed E-state index contributed by atoms with van der Waals surface area (Å²) in [5, 5.41) is 1.95. The Morgan fingerprint density at radius 3 is 2.69 bits per heavy atom. The van der Waals surface area contributed by atoms with Gasteiger partial charge in [-0.15, -0.1) is 11.3 Å². The maximum absolute atomic E-state index is 13.0. The van der Waals surface area contributed by atoms with E-state index in [1.807, 2.05) is 46.7 Å². The van der Waals surface area contributed by atoms with E-state index in [9.17, 15) is 4.79 Å². The van der Waals surface area contributed by atoms with Crippen LogP contribution in [-0.4, -0.2) is 49.1 Å². The monoisotopic (exact) mass is 409 g/mol. The zero-order valence-electron chi connectivity index (χ0n) is 16.3. The van der Waals surface area contributed by atoms with E-state index >= 15 is 0 Å². The predicted molar refractivity (Wildman–Crippen MR) is 114 cm³/mol. The van der Waals surface area contributed by atoms with Crippen molar-refractivity contribution in [3.05, 3.63) is 70.7 Å². The largest absolute Gasteiger partial charge is 0.495 e. The summed E-state index contributed by atoms with van der Waals surface area (Å²) in [7, 11) is 1.68. The number of ether oxygens (including phenoxy) is 2. The second-order valence-corrected chi connectivity index (χ2v) is 7.47. The van der Waals surface area contributed by atoms with Crippen molar-refractivity contribution in [3.8, 4) is 11.5 Å². The molecule has 4 rings (SSSR count). The SMILES string of the molecule is COc1ccccc1N1CCN(C(=O)c2cccc(OCc3cscn3)c2)CC1. The lowest BCUT2D eigenvalue weighted by atomic mass is 10.1. The van der Waals surface area contributed by atoms with Crippen molar-refractivity contribution < 1.29 is 14.3 Å². The first-order valence-electron chi connectivity index (χ1n) is 9.52. The molecule has 1 saturated heterocycles. The number of thiazole rings is 1. The minimum atomic E-state index is 0.0313. The minimum absolute atomic E-state index is 0.0313. The summed E-state index contributed by atoms with van der Waals surface area (Å²) >= 11 is 1.54. The predicted octanol–water partition coefficient (Wildman–Crippen LogP) is 3.69. The van der Waals surface area contributed by atoms with E-state index in [0.717, 1.165) is 30.2 Å². The number of hydrogen-bond acceptors (Lipinski definition) is 6. The number of piperazine rings is 1. The summed E-state index contributed by atoms with van der Waals surface area (Å²) in [4.78, 5) is 21.3. The zero-order chi connectivity index (χ0) is 20.1. The minimum Gasteiger partial charge on any atom is -0.495 e. The second-order valence-electron chi connectivity index (χ2n) is 6.75. The van der Waals surface area contributed by atoms with Crippen molar-refractivity contribution in [2.24, 2.45) is 0 Å². The van der Waals surface area contributed by atoms with Crippen LogP contribution in [0, 0.1) is 0 Å². The first-order valence-corrected chi connectivity index (χ1v) is 10.5. The Morgan fingerprint density at radius 2 is 1.93 bits per heavy atom. The van der Waals surface area contributed by atoms with Crippen LogP contribution in [0.4, 0.5) is 5.69 Å². The highest BCUT2D eigenvalue weighted by atomic mass is 32.1. The van der Waals surface area contributed by atoms with Crippen molar-refractivity contribution in [2.45, 2.75) is 6.61 Å². The normalized spacial score (nSPS) is 14.0. The Hall–Kier alpha value is -3.06. The number of para-hydroxylation sites is 2. The highest BCUT2D eigenvalue weighted by molar-refractivity contribution is 7.07. The summed E-state index contributed by atoms with van der Waals surface area (Å²) in [5.41, 5.74) is 4.38. The van der Waals surface area contributed by atoms with Crippen molar-refractivity contribution in [1.29, 1.82) is 0 Å². The molecule has 29 heavy (non-hydrogen) atoms. The quantitative estimate of drug-likeness (QED) is 0.622. The van der Waals surface area contributed by atoms with Gasteiger partial charge in [0.2, 0.25) is 0 Å². The van der Waals surface area contributed by atoms with Gasteiger partial charge >= 0.3 is 0 Å². The molecule has 1 aliphatic heterocycles. The van der Waals surface area contributed by atoms with Crippen molar-refractivity contribution in [2.75, 3.05) is 38.2 Å². The van der Waals surface area contributed by atoms with Gasteiger partial charge in [0.25, 0.3) is 5.91 Å². The van der Waals surface area contributed by atoms with E-state index in [-0.39, 0.29) is 5.91 Å². The van der Waals surface area contributed by atoms with E-state index in [4.69, 9.17) is 9.47 Å². The molecule has 0 unspecified atom stereocenters.